The number of carbonyl (C=O) groups is 2. The lowest BCUT2D eigenvalue weighted by molar-refractivity contribution is -0.274. The predicted molar refractivity (Wildman–Crippen MR) is 140 cm³/mol. The first-order valence-electron chi connectivity index (χ1n) is 11.5. The summed E-state index contributed by atoms with van der Waals surface area (Å²) >= 11 is 1.15. The number of aryl methyl sites for hydroxylation is 1. The molecule has 10 nitrogen and oxygen atoms in total. The summed E-state index contributed by atoms with van der Waals surface area (Å²) in [5.41, 5.74) is 2.82. The molecule has 2 N–H and O–H groups in total. The van der Waals surface area contributed by atoms with Gasteiger partial charge in [0.2, 0.25) is 11.9 Å². The summed E-state index contributed by atoms with van der Waals surface area (Å²) in [5, 5.41) is 6.20. The number of nitrogens with one attached hydrogen (secondary N) is 2. The molecule has 0 saturated carbocycles. The molecule has 2 aromatic heterocycles. The van der Waals surface area contributed by atoms with Gasteiger partial charge < -0.3 is 29.7 Å². The second-order valence-corrected chi connectivity index (χ2v) is 9.69. The van der Waals surface area contributed by atoms with Crippen molar-refractivity contribution in [2.24, 2.45) is 7.05 Å². The van der Waals surface area contributed by atoms with E-state index in [1.54, 1.807) is 31.8 Å². The van der Waals surface area contributed by atoms with Crippen molar-refractivity contribution in [3.05, 3.63) is 35.9 Å². The maximum atomic E-state index is 13.0. The number of halogens is 3. The highest BCUT2D eigenvalue weighted by atomic mass is 32.1. The number of benzene rings is 2. The zero-order valence-corrected chi connectivity index (χ0v) is 22.1. The van der Waals surface area contributed by atoms with Gasteiger partial charge in [-0.25, -0.2) is 9.97 Å². The number of hydrogen-bond acceptors (Lipinski definition) is 8. The molecule has 0 aliphatic carbocycles. The van der Waals surface area contributed by atoms with Gasteiger partial charge in [-0.3, -0.25) is 9.59 Å². The molecule has 0 aliphatic rings. The Kier molecular flexibility index (Phi) is 7.35. The summed E-state index contributed by atoms with van der Waals surface area (Å²) in [6.45, 7) is 2.45. The summed E-state index contributed by atoms with van der Waals surface area (Å²) in [7, 11) is 6.88. The Hall–Kier alpha value is -4.07. The highest BCUT2D eigenvalue weighted by Crippen LogP contribution is 2.34. The van der Waals surface area contributed by atoms with Crippen molar-refractivity contribution < 1.29 is 27.5 Å². The number of hydrogen-bond donors (Lipinski definition) is 2. The van der Waals surface area contributed by atoms with Gasteiger partial charge in [-0.1, -0.05) is 11.3 Å². The number of rotatable bonds is 8. The molecule has 0 atom stereocenters. The number of imidazole rings is 1. The zero-order valence-electron chi connectivity index (χ0n) is 21.3. The van der Waals surface area contributed by atoms with Crippen LogP contribution in [0.3, 0.4) is 0 Å². The van der Waals surface area contributed by atoms with Gasteiger partial charge in [-0.05, 0) is 31.2 Å². The third-order valence-electron chi connectivity index (χ3n) is 5.84. The molecule has 202 valence electrons. The summed E-state index contributed by atoms with van der Waals surface area (Å²) in [4.78, 5) is 37.3. The molecule has 4 rings (SSSR count). The number of anilines is 3. The SMILES string of the molecule is CCN(C)c1cc2c(cc1C(=O)NCC(=O)N(C)C)nc(Nc1nc3ccc(OC(F)(F)F)cc3s1)n2C. The predicted octanol–water partition coefficient (Wildman–Crippen LogP) is 4.10. The number of nitrogens with zero attached hydrogens (tertiary/aromatic N) is 5. The Morgan fingerprint density at radius 2 is 1.84 bits per heavy atom. The summed E-state index contributed by atoms with van der Waals surface area (Å²) in [6.07, 6.45) is -4.78. The molecule has 0 aliphatic heterocycles. The topological polar surface area (TPSA) is 105 Å². The van der Waals surface area contributed by atoms with Crippen LogP contribution in [0.5, 0.6) is 5.75 Å². The molecule has 2 amide bonds. The molecule has 0 unspecified atom stereocenters. The fourth-order valence-electron chi connectivity index (χ4n) is 3.67. The lowest BCUT2D eigenvalue weighted by Gasteiger charge is -2.21. The van der Waals surface area contributed by atoms with Crippen LogP contribution in [0.25, 0.3) is 21.3 Å². The maximum absolute atomic E-state index is 13.0. The van der Waals surface area contributed by atoms with Crippen LogP contribution >= 0.6 is 11.3 Å². The van der Waals surface area contributed by atoms with Crippen molar-refractivity contribution in [1.82, 2.24) is 24.8 Å². The molecule has 2 aromatic carbocycles. The van der Waals surface area contributed by atoms with E-state index >= 15 is 0 Å². The van der Waals surface area contributed by atoms with Crippen molar-refractivity contribution in [2.45, 2.75) is 13.3 Å². The van der Waals surface area contributed by atoms with E-state index in [1.807, 2.05) is 24.9 Å². The van der Waals surface area contributed by atoms with E-state index in [-0.39, 0.29) is 18.2 Å². The minimum atomic E-state index is -4.78. The first-order valence-corrected chi connectivity index (χ1v) is 12.3. The lowest BCUT2D eigenvalue weighted by Crippen LogP contribution is -2.36. The van der Waals surface area contributed by atoms with Crippen molar-refractivity contribution in [3.63, 3.8) is 0 Å². The first-order chi connectivity index (χ1) is 17.9. The lowest BCUT2D eigenvalue weighted by atomic mass is 10.1. The molecule has 4 aromatic rings. The van der Waals surface area contributed by atoms with Crippen LogP contribution in [0.4, 0.5) is 29.9 Å². The Morgan fingerprint density at radius 1 is 1.11 bits per heavy atom. The molecule has 0 bridgehead atoms. The van der Waals surface area contributed by atoms with E-state index in [0.717, 1.165) is 16.9 Å². The van der Waals surface area contributed by atoms with Crippen LogP contribution in [0.2, 0.25) is 0 Å². The summed E-state index contributed by atoms with van der Waals surface area (Å²) in [5.74, 6) is -0.535. The van der Waals surface area contributed by atoms with Gasteiger partial charge in [-0.15, -0.1) is 13.2 Å². The number of aromatic nitrogens is 3. The van der Waals surface area contributed by atoms with Gasteiger partial charge in [-0.2, -0.15) is 0 Å². The number of alkyl halides is 3. The minimum absolute atomic E-state index is 0.137. The van der Waals surface area contributed by atoms with Gasteiger partial charge in [0.15, 0.2) is 5.13 Å². The van der Waals surface area contributed by atoms with Crippen LogP contribution in [0.15, 0.2) is 30.3 Å². The van der Waals surface area contributed by atoms with Crippen LogP contribution in [0.1, 0.15) is 17.3 Å². The molecule has 38 heavy (non-hydrogen) atoms. The minimum Gasteiger partial charge on any atom is -0.406 e. The van der Waals surface area contributed by atoms with Gasteiger partial charge >= 0.3 is 6.36 Å². The molecular formula is C24H26F3N7O3S. The van der Waals surface area contributed by atoms with Gasteiger partial charge in [0.25, 0.3) is 5.91 Å². The number of carbonyl (C=O) groups excluding carboxylic acids is 2. The molecular weight excluding hydrogens is 523 g/mol. The number of fused-ring (bicyclic) bond motifs is 2. The van der Waals surface area contributed by atoms with Crippen molar-refractivity contribution in [1.29, 1.82) is 0 Å². The number of likely N-dealkylation sites (N-methyl/N-ethyl adjacent to an activating group) is 1. The Morgan fingerprint density at radius 3 is 2.50 bits per heavy atom. The highest BCUT2D eigenvalue weighted by Gasteiger charge is 2.31. The smallest absolute Gasteiger partial charge is 0.406 e. The van der Waals surface area contributed by atoms with Gasteiger partial charge in [0.1, 0.15) is 5.75 Å². The third kappa shape index (κ3) is 5.74. The zero-order chi connectivity index (χ0) is 27.8. The van der Waals surface area contributed by atoms with Crippen LogP contribution in [-0.2, 0) is 11.8 Å². The molecule has 0 saturated heterocycles. The fraction of sp³-hybridized carbons (Fsp3) is 0.333. The first kappa shape index (κ1) is 27.0. The Balaban J connectivity index is 1.66. The quantitative estimate of drug-likeness (QED) is 0.341. The van der Waals surface area contributed by atoms with E-state index in [1.165, 1.54) is 23.1 Å². The van der Waals surface area contributed by atoms with Gasteiger partial charge in [0.05, 0.1) is 39.0 Å². The average molecular weight is 550 g/mol. The average Bonchev–Trinajstić information content (AvgIpc) is 3.39. The molecule has 14 heteroatoms. The van der Waals surface area contributed by atoms with E-state index in [0.29, 0.717) is 44.6 Å². The maximum Gasteiger partial charge on any atom is 0.573 e. The Labute approximate surface area is 220 Å². The number of thiazole rings is 1. The summed E-state index contributed by atoms with van der Waals surface area (Å²) in [6, 6.07) is 7.44. The highest BCUT2D eigenvalue weighted by molar-refractivity contribution is 7.22. The van der Waals surface area contributed by atoms with Gasteiger partial charge in [0, 0.05) is 40.8 Å². The van der Waals surface area contributed by atoms with Crippen LogP contribution < -0.4 is 20.3 Å². The van der Waals surface area contributed by atoms with Crippen LogP contribution in [0, 0.1) is 0 Å². The largest absolute Gasteiger partial charge is 0.573 e. The third-order valence-corrected chi connectivity index (χ3v) is 6.77. The number of amides is 2. The second-order valence-electron chi connectivity index (χ2n) is 8.66. The normalized spacial score (nSPS) is 11.6. The number of ether oxygens (including phenoxy) is 1. The van der Waals surface area contributed by atoms with E-state index in [9.17, 15) is 22.8 Å². The van der Waals surface area contributed by atoms with E-state index in [2.05, 4.69) is 25.3 Å². The molecule has 0 radical (unpaired) electrons. The van der Waals surface area contributed by atoms with Crippen LogP contribution in [-0.4, -0.2) is 71.8 Å². The van der Waals surface area contributed by atoms with E-state index < -0.39 is 12.3 Å². The van der Waals surface area contributed by atoms with Crippen molar-refractivity contribution in [3.8, 4) is 5.75 Å². The molecule has 0 spiro atoms. The standard InChI is InChI=1S/C24H26F3N7O3S/c1-6-33(4)17-11-18-16(10-14(17)21(36)28-12-20(35)32(2)3)29-22(34(18)5)31-23-30-15-8-7-13(9-19(15)38-23)37-24(25,26)27/h7-11H,6,12H2,1-5H3,(H,28,36)(H,29,30,31). The van der Waals surface area contributed by atoms with E-state index in [4.69, 9.17) is 0 Å². The molecule has 2 heterocycles. The Bertz CT molecular complexity index is 1510. The summed E-state index contributed by atoms with van der Waals surface area (Å²) < 4.78 is 44.0. The fourth-order valence-corrected chi connectivity index (χ4v) is 4.56. The second kappa shape index (κ2) is 10.4. The molecule has 0 fully saturated rings. The van der Waals surface area contributed by atoms with Crippen molar-refractivity contribution in [2.75, 3.05) is 44.4 Å². The monoisotopic (exact) mass is 549 g/mol. The van der Waals surface area contributed by atoms with Crippen molar-refractivity contribution >= 4 is 61.2 Å².